The summed E-state index contributed by atoms with van der Waals surface area (Å²) in [4.78, 5) is 15.3. The fourth-order valence-corrected chi connectivity index (χ4v) is 2.52. The maximum Gasteiger partial charge on any atom is 0.120 e. The lowest BCUT2D eigenvalue weighted by molar-refractivity contribution is -0.108. The molecule has 0 aromatic heterocycles. The van der Waals surface area contributed by atoms with E-state index in [0.29, 0.717) is 6.42 Å². The van der Waals surface area contributed by atoms with E-state index in [9.17, 15) is 4.79 Å². The molecule has 0 unspecified atom stereocenters. The predicted molar refractivity (Wildman–Crippen MR) is 74.4 cm³/mol. The lowest BCUT2D eigenvalue weighted by Crippen LogP contribution is -2.53. The number of hydrogen-bond acceptors (Lipinski definition) is 3. The van der Waals surface area contributed by atoms with Gasteiger partial charge in [-0.1, -0.05) is 20.8 Å². The molecule has 1 rings (SSSR count). The normalized spacial score (nSPS) is 19.6. The summed E-state index contributed by atoms with van der Waals surface area (Å²) in [6, 6.07) is 0. The van der Waals surface area contributed by atoms with Gasteiger partial charge in [0.1, 0.15) is 6.29 Å². The molecule has 1 saturated heterocycles. The first-order chi connectivity index (χ1) is 8.14. The molecule has 0 atom stereocenters. The molecule has 102 valence electrons. The molecular formula is C14H30N2O. The van der Waals surface area contributed by atoms with Crippen molar-refractivity contribution in [2.75, 3.05) is 33.7 Å². The zero-order valence-corrected chi connectivity index (χ0v) is 12.3. The zero-order chi connectivity index (χ0) is 13.3. The van der Waals surface area contributed by atoms with Gasteiger partial charge in [0.2, 0.25) is 0 Å². The molecule has 0 aliphatic carbocycles. The predicted octanol–water partition coefficient (Wildman–Crippen LogP) is 2.41. The van der Waals surface area contributed by atoms with Gasteiger partial charge in [0.05, 0.1) is 0 Å². The minimum Gasteiger partial charge on any atom is -0.306 e. The third-order valence-corrected chi connectivity index (χ3v) is 3.93. The number of aldehydes is 1. The van der Waals surface area contributed by atoms with E-state index in [1.165, 1.54) is 12.8 Å². The minimum atomic E-state index is 0.280. The monoisotopic (exact) mass is 242 g/mol. The maximum absolute atomic E-state index is 10.5. The summed E-state index contributed by atoms with van der Waals surface area (Å²) in [7, 11) is 4.37. The van der Waals surface area contributed by atoms with Crippen LogP contribution < -0.4 is 0 Å². The van der Waals surface area contributed by atoms with Crippen molar-refractivity contribution >= 4 is 6.29 Å². The van der Waals surface area contributed by atoms with Gasteiger partial charge in [-0.05, 0) is 53.0 Å². The topological polar surface area (TPSA) is 23.6 Å². The lowest BCUT2D eigenvalue weighted by atomic mass is 9.82. The fraction of sp³-hybridized carbons (Fsp3) is 0.929. The smallest absolute Gasteiger partial charge is 0.120 e. The van der Waals surface area contributed by atoms with Crippen LogP contribution in [0.25, 0.3) is 0 Å². The first-order valence-electron chi connectivity index (χ1n) is 6.98. The van der Waals surface area contributed by atoms with E-state index in [1.54, 1.807) is 0 Å². The van der Waals surface area contributed by atoms with Crippen LogP contribution >= 0.6 is 0 Å². The minimum absolute atomic E-state index is 0.280. The average Bonchev–Trinajstić information content (AvgIpc) is 2.40. The van der Waals surface area contributed by atoms with Crippen LogP contribution in [-0.4, -0.2) is 55.4 Å². The molecule has 0 amide bonds. The number of likely N-dealkylation sites (tertiary alicyclic amines) is 1. The SMILES string of the molecule is CC.CCN(C)C1(CCC=O)CCN(C)CC1. The van der Waals surface area contributed by atoms with Gasteiger partial charge >= 0.3 is 0 Å². The number of piperidine rings is 1. The first kappa shape index (κ1) is 16.6. The molecule has 0 spiro atoms. The van der Waals surface area contributed by atoms with Gasteiger partial charge in [0.15, 0.2) is 0 Å². The van der Waals surface area contributed by atoms with E-state index in [4.69, 9.17) is 0 Å². The highest BCUT2D eigenvalue weighted by Crippen LogP contribution is 2.31. The largest absolute Gasteiger partial charge is 0.306 e. The van der Waals surface area contributed by atoms with E-state index >= 15 is 0 Å². The molecule has 0 bridgehead atoms. The standard InChI is InChI=1S/C12H24N2O.C2H6/c1-4-14(3)12(6-5-11-15)7-9-13(2)10-8-12;1-2/h11H,4-10H2,1-3H3;1-2H3. The molecule has 3 nitrogen and oxygen atoms in total. The van der Waals surface area contributed by atoms with Gasteiger partial charge in [0, 0.05) is 12.0 Å². The summed E-state index contributed by atoms with van der Waals surface area (Å²) >= 11 is 0. The summed E-state index contributed by atoms with van der Waals surface area (Å²) in [6.07, 6.45) is 5.18. The number of carbonyl (C=O) groups is 1. The van der Waals surface area contributed by atoms with Gasteiger partial charge in [0.25, 0.3) is 0 Å². The molecule has 1 heterocycles. The van der Waals surface area contributed by atoms with Crippen LogP contribution in [0.5, 0.6) is 0 Å². The van der Waals surface area contributed by atoms with Crippen molar-refractivity contribution in [2.24, 2.45) is 0 Å². The second-order valence-electron chi connectivity index (χ2n) is 4.75. The van der Waals surface area contributed by atoms with Gasteiger partial charge in [-0.15, -0.1) is 0 Å². The third kappa shape index (κ3) is 4.76. The molecule has 0 aromatic rings. The van der Waals surface area contributed by atoms with Crippen molar-refractivity contribution in [1.29, 1.82) is 0 Å². The lowest BCUT2D eigenvalue weighted by Gasteiger charge is -2.46. The molecule has 1 aliphatic heterocycles. The second-order valence-corrected chi connectivity index (χ2v) is 4.75. The van der Waals surface area contributed by atoms with Crippen molar-refractivity contribution in [2.45, 2.75) is 52.0 Å². The molecule has 1 fully saturated rings. The molecule has 1 aliphatic rings. The van der Waals surface area contributed by atoms with Gasteiger partial charge in [-0.25, -0.2) is 0 Å². The van der Waals surface area contributed by atoms with E-state index < -0.39 is 0 Å². The summed E-state index contributed by atoms with van der Waals surface area (Å²) < 4.78 is 0. The number of nitrogens with zero attached hydrogens (tertiary/aromatic N) is 2. The Labute approximate surface area is 107 Å². The Hall–Kier alpha value is -0.410. The van der Waals surface area contributed by atoms with Gasteiger partial charge < -0.3 is 14.6 Å². The van der Waals surface area contributed by atoms with Crippen molar-refractivity contribution in [3.05, 3.63) is 0 Å². The summed E-state index contributed by atoms with van der Waals surface area (Å²) in [5, 5.41) is 0. The van der Waals surface area contributed by atoms with Crippen molar-refractivity contribution in [3.8, 4) is 0 Å². The Balaban J connectivity index is 0.00000121. The Bertz CT molecular complexity index is 198. The number of rotatable bonds is 5. The second kappa shape index (κ2) is 8.65. The summed E-state index contributed by atoms with van der Waals surface area (Å²) in [6.45, 7) is 9.58. The molecule has 3 heteroatoms. The molecule has 0 radical (unpaired) electrons. The highest BCUT2D eigenvalue weighted by Gasteiger charge is 2.35. The molecule has 0 N–H and O–H groups in total. The van der Waals surface area contributed by atoms with E-state index in [2.05, 4.69) is 30.8 Å². The van der Waals surface area contributed by atoms with Crippen LogP contribution in [0.4, 0.5) is 0 Å². The van der Waals surface area contributed by atoms with E-state index in [-0.39, 0.29) is 5.54 Å². The Morgan fingerprint density at radius 1 is 1.29 bits per heavy atom. The first-order valence-corrected chi connectivity index (χ1v) is 6.98. The van der Waals surface area contributed by atoms with Crippen LogP contribution in [0, 0.1) is 0 Å². The Morgan fingerprint density at radius 2 is 1.82 bits per heavy atom. The molecular weight excluding hydrogens is 212 g/mol. The van der Waals surface area contributed by atoms with Crippen molar-refractivity contribution in [3.63, 3.8) is 0 Å². The van der Waals surface area contributed by atoms with Crippen LogP contribution in [0.15, 0.2) is 0 Å². The van der Waals surface area contributed by atoms with Crippen LogP contribution in [0.3, 0.4) is 0 Å². The third-order valence-electron chi connectivity index (χ3n) is 3.93. The molecule has 0 aromatic carbocycles. The van der Waals surface area contributed by atoms with Gasteiger partial charge in [-0.2, -0.15) is 0 Å². The highest BCUT2D eigenvalue weighted by atomic mass is 16.1. The molecule has 17 heavy (non-hydrogen) atoms. The number of carbonyl (C=O) groups excluding carboxylic acids is 1. The quantitative estimate of drug-likeness (QED) is 0.692. The fourth-order valence-electron chi connectivity index (χ4n) is 2.52. The van der Waals surface area contributed by atoms with Crippen LogP contribution in [0.1, 0.15) is 46.5 Å². The molecule has 0 saturated carbocycles. The zero-order valence-electron chi connectivity index (χ0n) is 12.3. The maximum atomic E-state index is 10.5. The van der Waals surface area contributed by atoms with Crippen molar-refractivity contribution < 1.29 is 4.79 Å². The Kier molecular flexibility index (Phi) is 8.44. The van der Waals surface area contributed by atoms with Crippen molar-refractivity contribution in [1.82, 2.24) is 9.80 Å². The number of hydrogen-bond donors (Lipinski definition) is 0. The van der Waals surface area contributed by atoms with E-state index in [1.807, 2.05) is 13.8 Å². The highest BCUT2D eigenvalue weighted by molar-refractivity contribution is 5.49. The summed E-state index contributed by atoms with van der Waals surface area (Å²) in [5.41, 5.74) is 0.280. The van der Waals surface area contributed by atoms with Crippen LogP contribution in [-0.2, 0) is 4.79 Å². The van der Waals surface area contributed by atoms with Crippen LogP contribution in [0.2, 0.25) is 0 Å². The Morgan fingerprint density at radius 3 is 2.24 bits per heavy atom. The summed E-state index contributed by atoms with van der Waals surface area (Å²) in [5.74, 6) is 0. The average molecular weight is 242 g/mol. The van der Waals surface area contributed by atoms with Gasteiger partial charge in [-0.3, -0.25) is 0 Å². The van der Waals surface area contributed by atoms with E-state index in [0.717, 1.165) is 32.3 Å².